The van der Waals surface area contributed by atoms with E-state index in [9.17, 15) is 4.79 Å². The van der Waals surface area contributed by atoms with Crippen molar-refractivity contribution in [2.45, 2.75) is 13.5 Å². The minimum atomic E-state index is -0.0260. The highest BCUT2D eigenvalue weighted by Gasteiger charge is 2.13. The zero-order chi connectivity index (χ0) is 16.8. The highest BCUT2D eigenvalue weighted by molar-refractivity contribution is 6.31. The first-order valence-electron chi connectivity index (χ1n) is 7.26. The molecule has 0 bridgehead atoms. The van der Waals surface area contributed by atoms with Crippen molar-refractivity contribution in [3.8, 4) is 0 Å². The Morgan fingerprint density at radius 2 is 2.12 bits per heavy atom. The molecule has 0 saturated carbocycles. The predicted octanol–water partition coefficient (Wildman–Crippen LogP) is 2.79. The number of ketones is 1. The van der Waals surface area contributed by atoms with Crippen molar-refractivity contribution in [2.24, 2.45) is 0 Å². The summed E-state index contributed by atoms with van der Waals surface area (Å²) in [5.41, 5.74) is 9.38. The Bertz CT molecular complexity index is 1100. The number of nitrogens with one attached hydrogen (secondary N) is 1. The van der Waals surface area contributed by atoms with Crippen molar-refractivity contribution in [2.75, 3.05) is 5.73 Å². The Morgan fingerprint density at radius 3 is 2.92 bits per heavy atom. The lowest BCUT2D eigenvalue weighted by atomic mass is 10.1. The number of benzene rings is 1. The van der Waals surface area contributed by atoms with Crippen molar-refractivity contribution < 1.29 is 4.79 Å². The van der Waals surface area contributed by atoms with Gasteiger partial charge in [0, 0.05) is 17.3 Å². The van der Waals surface area contributed by atoms with Crippen LogP contribution in [-0.2, 0) is 6.54 Å². The van der Waals surface area contributed by atoms with Gasteiger partial charge in [-0.3, -0.25) is 4.79 Å². The van der Waals surface area contributed by atoms with Crippen molar-refractivity contribution in [3.05, 3.63) is 47.1 Å². The number of nitrogen functional groups attached to an aromatic ring is 1. The Labute approximate surface area is 141 Å². The minimum absolute atomic E-state index is 0.0260. The summed E-state index contributed by atoms with van der Waals surface area (Å²) in [5.74, 6) is 0.315. The highest BCUT2D eigenvalue weighted by Crippen LogP contribution is 2.26. The first-order valence-corrected chi connectivity index (χ1v) is 7.64. The lowest BCUT2D eigenvalue weighted by Gasteiger charge is -2.07. The third-order valence-corrected chi connectivity index (χ3v) is 4.14. The Hall–Kier alpha value is -2.93. The van der Waals surface area contributed by atoms with Crippen LogP contribution in [0.5, 0.6) is 0 Å². The van der Waals surface area contributed by atoms with Gasteiger partial charge in [-0.2, -0.15) is 0 Å². The van der Waals surface area contributed by atoms with Gasteiger partial charge in [-0.1, -0.05) is 11.6 Å². The fraction of sp³-hybridized carbons (Fsp3) is 0.125. The number of halogens is 1. The van der Waals surface area contributed by atoms with Gasteiger partial charge in [0.25, 0.3) is 0 Å². The number of H-pyrrole nitrogens is 1. The third-order valence-electron chi connectivity index (χ3n) is 3.92. The Balaban J connectivity index is 1.86. The second-order valence-corrected chi connectivity index (χ2v) is 6.01. The van der Waals surface area contributed by atoms with E-state index in [4.69, 9.17) is 17.3 Å². The number of carbonyl (C=O) groups excluding carboxylic acids is 1. The molecule has 0 aliphatic rings. The lowest BCUT2D eigenvalue weighted by Crippen LogP contribution is -2.01. The van der Waals surface area contributed by atoms with Crippen LogP contribution < -0.4 is 5.73 Å². The monoisotopic (exact) mass is 340 g/mol. The van der Waals surface area contributed by atoms with Crippen LogP contribution in [0.2, 0.25) is 5.02 Å². The van der Waals surface area contributed by atoms with Crippen LogP contribution in [0, 0.1) is 0 Å². The molecule has 3 heterocycles. The second kappa shape index (κ2) is 5.31. The molecule has 0 aliphatic carbocycles. The molecule has 0 spiro atoms. The molecule has 3 aromatic heterocycles. The number of hydrogen-bond donors (Lipinski definition) is 2. The van der Waals surface area contributed by atoms with Crippen LogP contribution in [0.25, 0.3) is 22.1 Å². The number of Topliss-reactive ketones (excluding diaryl/α,β-unsaturated/α-hetero) is 1. The molecule has 4 aromatic rings. The van der Waals surface area contributed by atoms with Gasteiger partial charge in [0.05, 0.1) is 24.1 Å². The fourth-order valence-corrected chi connectivity index (χ4v) is 3.04. The Morgan fingerprint density at radius 1 is 1.29 bits per heavy atom. The van der Waals surface area contributed by atoms with E-state index in [0.717, 1.165) is 16.5 Å². The number of nitrogens with two attached hydrogens (primary N) is 1. The van der Waals surface area contributed by atoms with E-state index in [2.05, 4.69) is 19.9 Å². The van der Waals surface area contributed by atoms with Crippen LogP contribution in [0.3, 0.4) is 0 Å². The van der Waals surface area contributed by atoms with Crippen LogP contribution in [-0.4, -0.2) is 30.3 Å². The molecule has 0 aliphatic heterocycles. The number of nitrogens with zero attached hydrogens (tertiary/aromatic N) is 4. The number of hydrogen-bond acceptors (Lipinski definition) is 5. The van der Waals surface area contributed by atoms with Gasteiger partial charge in [0.2, 0.25) is 0 Å². The summed E-state index contributed by atoms with van der Waals surface area (Å²) < 4.78 is 1.87. The van der Waals surface area contributed by atoms with Crippen molar-refractivity contribution >= 4 is 45.3 Å². The van der Waals surface area contributed by atoms with Crippen molar-refractivity contribution in [3.63, 3.8) is 0 Å². The average Bonchev–Trinajstić information content (AvgIpc) is 3.13. The lowest BCUT2D eigenvalue weighted by molar-refractivity contribution is 0.101. The maximum absolute atomic E-state index is 11.6. The molecule has 0 saturated heterocycles. The van der Waals surface area contributed by atoms with Gasteiger partial charge < -0.3 is 15.3 Å². The van der Waals surface area contributed by atoms with Gasteiger partial charge in [0.15, 0.2) is 17.2 Å². The van der Waals surface area contributed by atoms with Gasteiger partial charge in [-0.05, 0) is 23.8 Å². The molecule has 0 atom stereocenters. The molecule has 0 fully saturated rings. The van der Waals surface area contributed by atoms with Gasteiger partial charge in [-0.25, -0.2) is 15.0 Å². The molecule has 8 heteroatoms. The number of rotatable bonds is 3. The van der Waals surface area contributed by atoms with E-state index in [1.165, 1.54) is 13.3 Å². The minimum Gasteiger partial charge on any atom is -0.382 e. The van der Waals surface area contributed by atoms with Gasteiger partial charge in [0.1, 0.15) is 11.8 Å². The van der Waals surface area contributed by atoms with Crippen LogP contribution >= 0.6 is 11.6 Å². The van der Waals surface area contributed by atoms with E-state index >= 15 is 0 Å². The first-order chi connectivity index (χ1) is 11.5. The topological polar surface area (TPSA) is 102 Å². The van der Waals surface area contributed by atoms with E-state index < -0.39 is 0 Å². The standard InChI is InChI=1S/C16H13ClN6O/c1-8(24)12-4-9-2-11(17)3-10(13(9)22-12)5-23-7-21-14-15(18)19-6-20-16(14)23/h2-4,6-7,22H,5H2,1H3,(H2,18,19,20). The SMILES string of the molecule is CC(=O)c1cc2cc(Cl)cc(Cn3cnc4c(N)ncnc43)c2[nH]1. The van der Waals surface area contributed by atoms with Crippen LogP contribution in [0.4, 0.5) is 5.82 Å². The average molecular weight is 341 g/mol. The fourth-order valence-electron chi connectivity index (χ4n) is 2.79. The Kier molecular flexibility index (Phi) is 3.24. The molecule has 120 valence electrons. The molecule has 7 nitrogen and oxygen atoms in total. The summed E-state index contributed by atoms with van der Waals surface area (Å²) >= 11 is 6.23. The van der Waals surface area contributed by atoms with E-state index in [0.29, 0.717) is 34.2 Å². The molecule has 1 aromatic carbocycles. The summed E-state index contributed by atoms with van der Waals surface area (Å²) in [6.45, 7) is 2.01. The normalized spacial score (nSPS) is 11.4. The zero-order valence-electron chi connectivity index (χ0n) is 12.7. The first kappa shape index (κ1) is 14.6. The maximum Gasteiger partial charge on any atom is 0.175 e. The number of aromatic nitrogens is 5. The zero-order valence-corrected chi connectivity index (χ0v) is 13.5. The summed E-state index contributed by atoms with van der Waals surface area (Å²) in [7, 11) is 0. The molecule has 3 N–H and O–H groups in total. The number of fused-ring (bicyclic) bond motifs is 2. The maximum atomic E-state index is 11.6. The van der Waals surface area contributed by atoms with Gasteiger partial charge >= 0.3 is 0 Å². The molecular formula is C16H13ClN6O. The number of aromatic amines is 1. The summed E-state index contributed by atoms with van der Waals surface area (Å²) in [5, 5.41) is 1.49. The van der Waals surface area contributed by atoms with Gasteiger partial charge in [-0.15, -0.1) is 0 Å². The van der Waals surface area contributed by atoms with Crippen molar-refractivity contribution in [1.82, 2.24) is 24.5 Å². The van der Waals surface area contributed by atoms with E-state index in [1.807, 2.05) is 16.7 Å². The molecule has 4 rings (SSSR count). The van der Waals surface area contributed by atoms with Crippen LogP contribution in [0.1, 0.15) is 23.0 Å². The number of imidazole rings is 1. The molecule has 0 amide bonds. The highest BCUT2D eigenvalue weighted by atomic mass is 35.5. The summed E-state index contributed by atoms with van der Waals surface area (Å²) in [6.07, 6.45) is 3.07. The molecule has 0 unspecified atom stereocenters. The smallest absolute Gasteiger partial charge is 0.175 e. The second-order valence-electron chi connectivity index (χ2n) is 5.57. The summed E-state index contributed by atoms with van der Waals surface area (Å²) in [6, 6.07) is 5.50. The molecular weight excluding hydrogens is 328 g/mol. The van der Waals surface area contributed by atoms with Crippen LogP contribution in [0.15, 0.2) is 30.9 Å². The number of anilines is 1. The third kappa shape index (κ3) is 2.30. The molecule has 0 radical (unpaired) electrons. The number of carbonyl (C=O) groups is 1. The summed E-state index contributed by atoms with van der Waals surface area (Å²) in [4.78, 5) is 27.2. The predicted molar refractivity (Wildman–Crippen MR) is 92.2 cm³/mol. The quantitative estimate of drug-likeness (QED) is 0.558. The van der Waals surface area contributed by atoms with E-state index in [1.54, 1.807) is 12.4 Å². The molecule has 24 heavy (non-hydrogen) atoms. The van der Waals surface area contributed by atoms with Crippen molar-refractivity contribution in [1.29, 1.82) is 0 Å². The largest absolute Gasteiger partial charge is 0.382 e. The van der Waals surface area contributed by atoms with E-state index in [-0.39, 0.29) is 5.78 Å².